The Bertz CT molecular complexity index is 532. The number of alkyl carbamates (subject to hydrolysis) is 1. The van der Waals surface area contributed by atoms with Crippen LogP contribution in [0.15, 0.2) is 30.3 Å². The van der Waals surface area contributed by atoms with Gasteiger partial charge in [0.2, 0.25) is 0 Å². The number of nitrogens with one attached hydrogen (secondary N) is 2. The van der Waals surface area contributed by atoms with E-state index in [4.69, 9.17) is 21.3 Å². The van der Waals surface area contributed by atoms with Crippen LogP contribution in [-0.2, 0) is 20.9 Å². The van der Waals surface area contributed by atoms with Gasteiger partial charge in [-0.3, -0.25) is 4.79 Å². The average Bonchev–Trinajstić information content (AvgIpc) is 2.55. The minimum atomic E-state index is -0.564. The average molecular weight is 371 g/mol. The summed E-state index contributed by atoms with van der Waals surface area (Å²) >= 11 is 5.61. The monoisotopic (exact) mass is 370 g/mol. The zero-order chi connectivity index (χ0) is 18.7. The summed E-state index contributed by atoms with van der Waals surface area (Å²) in [5.41, 5.74) is 0.388. The van der Waals surface area contributed by atoms with E-state index in [0.717, 1.165) is 5.56 Å². The van der Waals surface area contributed by atoms with Gasteiger partial charge >= 0.3 is 12.1 Å². The Labute approximate surface area is 154 Å². The third kappa shape index (κ3) is 9.94. The molecule has 0 saturated carbocycles. The van der Waals surface area contributed by atoms with Gasteiger partial charge in [-0.1, -0.05) is 30.3 Å². The van der Waals surface area contributed by atoms with Crippen molar-refractivity contribution in [2.24, 2.45) is 0 Å². The van der Waals surface area contributed by atoms with Gasteiger partial charge in [-0.2, -0.15) is 0 Å². The minimum Gasteiger partial charge on any atom is -0.459 e. The van der Waals surface area contributed by atoms with Crippen molar-refractivity contribution in [2.75, 3.05) is 6.54 Å². The number of rotatable bonds is 9. The van der Waals surface area contributed by atoms with Crippen LogP contribution in [0, 0.1) is 0 Å². The number of carbonyl (C=O) groups excluding carboxylic acids is 2. The first-order valence-corrected chi connectivity index (χ1v) is 8.73. The van der Waals surface area contributed by atoms with Crippen LogP contribution in [0.2, 0.25) is 0 Å². The summed E-state index contributed by atoms with van der Waals surface area (Å²) in [5.74, 6) is -0.377. The normalized spacial score (nSPS) is 12.3. The van der Waals surface area contributed by atoms with E-state index < -0.39 is 17.7 Å². The van der Waals surface area contributed by atoms with Gasteiger partial charge < -0.3 is 14.8 Å². The number of benzene rings is 1. The summed E-state index contributed by atoms with van der Waals surface area (Å²) in [6.45, 7) is 6.13. The van der Waals surface area contributed by atoms with Crippen molar-refractivity contribution >= 4 is 23.8 Å². The number of carbonyl (C=O) groups is 2. The topological polar surface area (TPSA) is 76.7 Å². The third-order valence-corrected chi connectivity index (χ3v) is 3.49. The van der Waals surface area contributed by atoms with Crippen molar-refractivity contribution in [3.05, 3.63) is 35.9 Å². The van der Waals surface area contributed by atoms with Gasteiger partial charge in [0.25, 0.3) is 0 Å². The maximum atomic E-state index is 11.9. The molecular formula is C18H27ClN2O4. The van der Waals surface area contributed by atoms with Gasteiger partial charge in [0.1, 0.15) is 18.2 Å². The van der Waals surface area contributed by atoms with Crippen molar-refractivity contribution in [1.82, 2.24) is 10.2 Å². The molecule has 1 atom stereocenters. The molecule has 0 spiro atoms. The van der Waals surface area contributed by atoms with Crippen LogP contribution in [0.1, 0.15) is 45.6 Å². The van der Waals surface area contributed by atoms with Crippen LogP contribution >= 0.6 is 11.8 Å². The second-order valence-electron chi connectivity index (χ2n) is 6.68. The van der Waals surface area contributed by atoms with E-state index in [1.165, 1.54) is 0 Å². The number of hydrogen-bond donors (Lipinski definition) is 2. The first-order valence-electron chi connectivity index (χ1n) is 8.35. The van der Waals surface area contributed by atoms with Crippen molar-refractivity contribution in [1.29, 1.82) is 0 Å². The lowest BCUT2D eigenvalue weighted by Crippen LogP contribution is -2.37. The van der Waals surface area contributed by atoms with Crippen LogP contribution in [0.5, 0.6) is 0 Å². The summed E-state index contributed by atoms with van der Waals surface area (Å²) in [4.78, 5) is 26.0. The molecule has 0 unspecified atom stereocenters. The molecule has 1 rings (SSSR count). The zero-order valence-corrected chi connectivity index (χ0v) is 15.8. The zero-order valence-electron chi connectivity index (χ0n) is 15.0. The van der Waals surface area contributed by atoms with Gasteiger partial charge in [0.05, 0.1) is 0 Å². The van der Waals surface area contributed by atoms with Crippen LogP contribution in [0.3, 0.4) is 0 Å². The molecule has 1 amide bonds. The second-order valence-corrected chi connectivity index (χ2v) is 6.90. The summed E-state index contributed by atoms with van der Waals surface area (Å²) < 4.78 is 10.4. The molecule has 25 heavy (non-hydrogen) atoms. The fourth-order valence-electron chi connectivity index (χ4n) is 2.03. The molecule has 0 aliphatic heterocycles. The highest BCUT2D eigenvalue weighted by molar-refractivity contribution is 6.14. The standard InChI is InChI=1S/C18H27ClN2O4/c1-18(2,3)25-16(22)15(21-19)11-7-8-12-20-17(23)24-13-14-9-5-4-6-10-14/h4-6,9-10,15,21H,7-8,11-13H2,1-3H3,(H,20,23)/t15-/m0/s1. The third-order valence-electron chi connectivity index (χ3n) is 3.22. The molecule has 7 heteroatoms. The van der Waals surface area contributed by atoms with Crippen LogP contribution in [-0.4, -0.2) is 30.3 Å². The van der Waals surface area contributed by atoms with Crippen LogP contribution < -0.4 is 10.2 Å². The lowest BCUT2D eigenvalue weighted by molar-refractivity contribution is -0.157. The number of halogens is 1. The molecule has 0 fully saturated rings. The first kappa shape index (κ1) is 21.3. The predicted octanol–water partition coefficient (Wildman–Crippen LogP) is 3.54. The van der Waals surface area contributed by atoms with Gasteiger partial charge in [-0.25, -0.2) is 9.63 Å². The Kier molecular flexibility index (Phi) is 9.31. The van der Waals surface area contributed by atoms with Crippen LogP contribution in [0.4, 0.5) is 4.79 Å². The molecule has 0 aromatic heterocycles. The van der Waals surface area contributed by atoms with Crippen LogP contribution in [0.25, 0.3) is 0 Å². The van der Waals surface area contributed by atoms with E-state index >= 15 is 0 Å². The first-order chi connectivity index (χ1) is 11.8. The number of esters is 1. The quantitative estimate of drug-likeness (QED) is 0.395. The largest absolute Gasteiger partial charge is 0.459 e. The molecular weight excluding hydrogens is 344 g/mol. The van der Waals surface area contributed by atoms with Gasteiger partial charge in [-0.05, 0) is 57.4 Å². The smallest absolute Gasteiger partial charge is 0.407 e. The molecule has 1 aromatic rings. The summed E-state index contributed by atoms with van der Waals surface area (Å²) in [5, 5.41) is 2.68. The fraction of sp³-hybridized carbons (Fsp3) is 0.556. The summed E-state index contributed by atoms with van der Waals surface area (Å²) in [6, 6.07) is 8.91. The molecule has 0 saturated heterocycles. The Morgan fingerprint density at radius 2 is 1.84 bits per heavy atom. The molecule has 6 nitrogen and oxygen atoms in total. The summed E-state index contributed by atoms with van der Waals surface area (Å²) in [7, 11) is 0. The number of amides is 1. The summed E-state index contributed by atoms with van der Waals surface area (Å²) in [6.07, 6.45) is 1.49. The highest BCUT2D eigenvalue weighted by Gasteiger charge is 2.24. The highest BCUT2D eigenvalue weighted by atomic mass is 35.5. The minimum absolute atomic E-state index is 0.240. The van der Waals surface area contributed by atoms with Gasteiger partial charge in [0.15, 0.2) is 0 Å². The molecule has 1 aromatic carbocycles. The Morgan fingerprint density at radius 1 is 1.16 bits per heavy atom. The van der Waals surface area contributed by atoms with Crippen molar-refractivity contribution in [2.45, 2.75) is 58.3 Å². The number of hydrogen-bond acceptors (Lipinski definition) is 5. The predicted molar refractivity (Wildman–Crippen MR) is 97.1 cm³/mol. The van der Waals surface area contributed by atoms with Crippen molar-refractivity contribution < 1.29 is 19.1 Å². The molecule has 0 aliphatic rings. The Morgan fingerprint density at radius 3 is 2.44 bits per heavy atom. The maximum absolute atomic E-state index is 11.9. The molecule has 2 N–H and O–H groups in total. The Balaban J connectivity index is 2.15. The fourth-order valence-corrected chi connectivity index (χ4v) is 2.23. The van der Waals surface area contributed by atoms with E-state index in [1.54, 1.807) is 20.8 Å². The molecule has 0 radical (unpaired) electrons. The van der Waals surface area contributed by atoms with Gasteiger partial charge in [-0.15, -0.1) is 0 Å². The molecule has 140 valence electrons. The number of ether oxygens (including phenoxy) is 2. The van der Waals surface area contributed by atoms with Crippen molar-refractivity contribution in [3.63, 3.8) is 0 Å². The molecule has 0 bridgehead atoms. The lowest BCUT2D eigenvalue weighted by atomic mass is 10.1. The number of unbranched alkanes of at least 4 members (excludes halogenated alkanes) is 1. The van der Waals surface area contributed by atoms with E-state index in [2.05, 4.69) is 10.2 Å². The van der Waals surface area contributed by atoms with E-state index in [0.29, 0.717) is 25.8 Å². The molecule has 0 heterocycles. The van der Waals surface area contributed by atoms with E-state index in [-0.39, 0.29) is 12.6 Å². The Hall–Kier alpha value is -1.79. The molecule has 0 aliphatic carbocycles. The van der Waals surface area contributed by atoms with Crippen molar-refractivity contribution in [3.8, 4) is 0 Å². The van der Waals surface area contributed by atoms with E-state index in [9.17, 15) is 9.59 Å². The lowest BCUT2D eigenvalue weighted by Gasteiger charge is -2.23. The second kappa shape index (κ2) is 10.9. The van der Waals surface area contributed by atoms with Gasteiger partial charge in [0, 0.05) is 6.54 Å². The highest BCUT2D eigenvalue weighted by Crippen LogP contribution is 2.11. The van der Waals surface area contributed by atoms with E-state index in [1.807, 2.05) is 30.3 Å². The maximum Gasteiger partial charge on any atom is 0.407 e. The SMILES string of the molecule is CC(C)(C)OC(=O)[C@H](CCCCNC(=O)OCc1ccccc1)NCl.